The zero-order valence-electron chi connectivity index (χ0n) is 11.8. The number of hydrogen-bond acceptors (Lipinski definition) is 3. The topological polar surface area (TPSA) is 75.6 Å². The van der Waals surface area contributed by atoms with Crippen LogP contribution >= 0.6 is 0 Å². The minimum absolute atomic E-state index is 0.0254. The zero-order valence-corrected chi connectivity index (χ0v) is 11.8. The number of carbonyl (C=O) groups excluding carboxylic acids is 1. The van der Waals surface area contributed by atoms with Crippen molar-refractivity contribution in [2.24, 2.45) is 0 Å². The summed E-state index contributed by atoms with van der Waals surface area (Å²) < 4.78 is 18.2. The number of rotatable bonds is 5. The molecule has 0 spiro atoms. The molecule has 1 fully saturated rings. The van der Waals surface area contributed by atoms with Crippen LogP contribution in [0.25, 0.3) is 0 Å². The molecule has 2 atom stereocenters. The number of aliphatic carboxylic acids is 1. The largest absolute Gasteiger partial charge is 0.479 e. The first-order valence-corrected chi connectivity index (χ1v) is 6.80. The van der Waals surface area contributed by atoms with E-state index in [-0.39, 0.29) is 37.1 Å². The fourth-order valence-electron chi connectivity index (χ4n) is 2.41. The van der Waals surface area contributed by atoms with Crippen molar-refractivity contribution >= 4 is 11.9 Å². The highest BCUT2D eigenvalue weighted by molar-refractivity contribution is 5.87. The Morgan fingerprint density at radius 1 is 1.52 bits per heavy atom. The number of carboxylic acids is 1. The normalized spacial score (nSPS) is 22.8. The second-order valence-electron chi connectivity index (χ2n) is 5.40. The third-order valence-electron chi connectivity index (χ3n) is 3.72. The van der Waals surface area contributed by atoms with Gasteiger partial charge < -0.3 is 15.2 Å². The minimum Gasteiger partial charge on any atom is -0.479 e. The molecule has 5 nitrogen and oxygen atoms in total. The molecule has 0 bridgehead atoms. The van der Waals surface area contributed by atoms with E-state index in [1.807, 2.05) is 0 Å². The van der Waals surface area contributed by atoms with Crippen molar-refractivity contribution < 1.29 is 23.8 Å². The summed E-state index contributed by atoms with van der Waals surface area (Å²) in [6.45, 7) is 2.08. The summed E-state index contributed by atoms with van der Waals surface area (Å²) in [5, 5.41) is 11.8. The Bertz CT molecular complexity index is 540. The van der Waals surface area contributed by atoms with E-state index in [0.717, 1.165) is 0 Å². The predicted molar refractivity (Wildman–Crippen MR) is 73.4 cm³/mol. The van der Waals surface area contributed by atoms with Crippen LogP contribution in [-0.4, -0.2) is 35.7 Å². The van der Waals surface area contributed by atoms with Crippen LogP contribution in [0.3, 0.4) is 0 Å². The van der Waals surface area contributed by atoms with Gasteiger partial charge >= 0.3 is 5.97 Å². The molecule has 114 valence electrons. The van der Waals surface area contributed by atoms with E-state index in [1.54, 1.807) is 19.1 Å². The summed E-state index contributed by atoms with van der Waals surface area (Å²) in [7, 11) is 0. The van der Waals surface area contributed by atoms with Gasteiger partial charge in [-0.05, 0) is 23.6 Å². The molecule has 6 heteroatoms. The molecule has 1 aliphatic heterocycles. The molecule has 0 aliphatic carbocycles. The second-order valence-corrected chi connectivity index (χ2v) is 5.40. The Hall–Kier alpha value is -1.95. The lowest BCUT2D eigenvalue weighted by atomic mass is 9.95. The van der Waals surface area contributed by atoms with E-state index >= 15 is 0 Å². The highest BCUT2D eigenvalue weighted by Crippen LogP contribution is 2.22. The molecule has 1 heterocycles. The van der Waals surface area contributed by atoms with Gasteiger partial charge in [0.1, 0.15) is 5.82 Å². The molecule has 0 aromatic heterocycles. The van der Waals surface area contributed by atoms with E-state index < -0.39 is 11.5 Å². The standard InChI is InChI=1S/C15H18FNO4/c1-10(11-3-2-4-12(16)8-11)7-13(18)17-15(14(19)20)5-6-21-9-15/h2-4,8,10H,5-7,9H2,1H3,(H,17,18)(H,19,20). The lowest BCUT2D eigenvalue weighted by molar-refractivity contribution is -0.147. The van der Waals surface area contributed by atoms with E-state index in [1.165, 1.54) is 12.1 Å². The molecular weight excluding hydrogens is 277 g/mol. The molecule has 1 aliphatic rings. The van der Waals surface area contributed by atoms with Gasteiger partial charge in [0.25, 0.3) is 0 Å². The minimum atomic E-state index is -1.33. The molecule has 2 N–H and O–H groups in total. The van der Waals surface area contributed by atoms with Gasteiger partial charge in [0.05, 0.1) is 6.61 Å². The third-order valence-corrected chi connectivity index (χ3v) is 3.72. The highest BCUT2D eigenvalue weighted by atomic mass is 19.1. The maximum Gasteiger partial charge on any atom is 0.331 e. The summed E-state index contributed by atoms with van der Waals surface area (Å²) >= 11 is 0. The van der Waals surface area contributed by atoms with Gasteiger partial charge in [-0.25, -0.2) is 9.18 Å². The van der Waals surface area contributed by atoms with E-state index in [4.69, 9.17) is 4.74 Å². The Kier molecular flexibility index (Phi) is 4.57. The van der Waals surface area contributed by atoms with Crippen LogP contribution in [0.15, 0.2) is 24.3 Å². The molecule has 0 radical (unpaired) electrons. The first-order chi connectivity index (χ1) is 9.93. The van der Waals surface area contributed by atoms with Crippen molar-refractivity contribution in [1.82, 2.24) is 5.32 Å². The smallest absolute Gasteiger partial charge is 0.331 e. The fourth-order valence-corrected chi connectivity index (χ4v) is 2.41. The number of hydrogen-bond donors (Lipinski definition) is 2. The number of carbonyl (C=O) groups is 2. The number of ether oxygens (including phenoxy) is 1. The van der Waals surface area contributed by atoms with Gasteiger partial charge in [-0.2, -0.15) is 0 Å². The molecular formula is C15H18FNO4. The number of amides is 1. The van der Waals surface area contributed by atoms with Crippen LogP contribution in [0.2, 0.25) is 0 Å². The first kappa shape index (κ1) is 15.4. The Balaban J connectivity index is 1.99. The van der Waals surface area contributed by atoms with E-state index in [9.17, 15) is 19.1 Å². The summed E-state index contributed by atoms with van der Waals surface area (Å²) in [6, 6.07) is 6.05. The van der Waals surface area contributed by atoms with Crippen LogP contribution in [0, 0.1) is 5.82 Å². The quantitative estimate of drug-likeness (QED) is 0.866. The van der Waals surface area contributed by atoms with E-state index in [0.29, 0.717) is 12.2 Å². The molecule has 0 saturated carbocycles. The van der Waals surface area contributed by atoms with Gasteiger partial charge in [-0.15, -0.1) is 0 Å². The van der Waals surface area contributed by atoms with Crippen molar-refractivity contribution in [3.8, 4) is 0 Å². The molecule has 21 heavy (non-hydrogen) atoms. The predicted octanol–water partition coefficient (Wildman–Crippen LogP) is 1.68. The van der Waals surface area contributed by atoms with Crippen molar-refractivity contribution in [2.45, 2.75) is 31.2 Å². The average molecular weight is 295 g/mol. The second kappa shape index (κ2) is 6.22. The first-order valence-electron chi connectivity index (χ1n) is 6.80. The van der Waals surface area contributed by atoms with Crippen LogP contribution in [0.1, 0.15) is 31.2 Å². The molecule has 1 aromatic rings. The van der Waals surface area contributed by atoms with Gasteiger partial charge in [-0.3, -0.25) is 4.79 Å². The lowest BCUT2D eigenvalue weighted by Gasteiger charge is -2.24. The Morgan fingerprint density at radius 2 is 2.29 bits per heavy atom. The maximum atomic E-state index is 13.2. The fraction of sp³-hybridized carbons (Fsp3) is 0.467. The SMILES string of the molecule is CC(CC(=O)NC1(C(=O)O)CCOC1)c1cccc(F)c1. The van der Waals surface area contributed by atoms with Crippen LogP contribution in [0.4, 0.5) is 4.39 Å². The average Bonchev–Trinajstić information content (AvgIpc) is 2.88. The maximum absolute atomic E-state index is 13.2. The van der Waals surface area contributed by atoms with Crippen LogP contribution in [-0.2, 0) is 14.3 Å². The Labute approximate surface area is 122 Å². The molecule has 2 rings (SSSR count). The van der Waals surface area contributed by atoms with E-state index in [2.05, 4.69) is 5.32 Å². The van der Waals surface area contributed by atoms with Gasteiger partial charge in [-0.1, -0.05) is 19.1 Å². The number of benzene rings is 1. The number of carboxylic acid groups (broad SMARTS) is 1. The molecule has 2 unspecified atom stereocenters. The lowest BCUT2D eigenvalue weighted by Crippen LogP contribution is -2.55. The monoisotopic (exact) mass is 295 g/mol. The highest BCUT2D eigenvalue weighted by Gasteiger charge is 2.43. The summed E-state index contributed by atoms with van der Waals surface area (Å²) in [5.41, 5.74) is -0.629. The summed E-state index contributed by atoms with van der Waals surface area (Å²) in [5.74, 6) is -2.02. The summed E-state index contributed by atoms with van der Waals surface area (Å²) in [4.78, 5) is 23.4. The molecule has 1 aromatic carbocycles. The van der Waals surface area contributed by atoms with Gasteiger partial charge in [0.15, 0.2) is 5.54 Å². The van der Waals surface area contributed by atoms with Crippen LogP contribution in [0.5, 0.6) is 0 Å². The molecule has 1 saturated heterocycles. The third kappa shape index (κ3) is 3.58. The van der Waals surface area contributed by atoms with Crippen molar-refractivity contribution in [3.63, 3.8) is 0 Å². The van der Waals surface area contributed by atoms with Gasteiger partial charge in [0.2, 0.25) is 5.91 Å². The number of nitrogens with one attached hydrogen (secondary N) is 1. The zero-order chi connectivity index (χ0) is 15.5. The van der Waals surface area contributed by atoms with Gasteiger partial charge in [0, 0.05) is 19.4 Å². The van der Waals surface area contributed by atoms with Crippen molar-refractivity contribution in [1.29, 1.82) is 0 Å². The van der Waals surface area contributed by atoms with Crippen molar-refractivity contribution in [2.75, 3.05) is 13.2 Å². The summed E-state index contributed by atoms with van der Waals surface area (Å²) in [6.07, 6.45) is 0.348. The Morgan fingerprint density at radius 3 is 2.86 bits per heavy atom. The number of halogens is 1. The molecule has 1 amide bonds. The van der Waals surface area contributed by atoms with Crippen molar-refractivity contribution in [3.05, 3.63) is 35.6 Å². The van der Waals surface area contributed by atoms with Crippen LogP contribution < -0.4 is 5.32 Å².